The van der Waals surface area contributed by atoms with Crippen molar-refractivity contribution in [1.82, 2.24) is 0 Å². The van der Waals surface area contributed by atoms with Crippen LogP contribution in [-0.2, 0) is 28.8 Å². The Bertz CT molecular complexity index is 617. The first-order chi connectivity index (χ1) is 5.51. The molecule has 0 aliphatic carbocycles. The average molecular weight is 212 g/mol. The molecule has 0 rings (SSSR count). The van der Waals surface area contributed by atoms with Gasteiger partial charge in [0.15, 0.2) is 0 Å². The summed E-state index contributed by atoms with van der Waals surface area (Å²) in [5.41, 5.74) is 9.71. The second kappa shape index (κ2) is 2.94. The van der Waals surface area contributed by atoms with Gasteiger partial charge < -0.3 is 0 Å². The Kier molecular flexibility index (Phi) is 2.60. The minimum atomic E-state index is -5.17. The van der Waals surface area contributed by atoms with Gasteiger partial charge in [0.2, 0.25) is 0 Å². The van der Waals surface area contributed by atoms with Gasteiger partial charge in [-0.15, -0.1) is 0 Å². The Hall–Kier alpha value is -1.37. The van der Waals surface area contributed by atoms with Gasteiger partial charge in [0.05, 0.1) is 0 Å². The third-order valence-electron chi connectivity index (χ3n) is 0.986. The number of rotatable bonds is 0. The van der Waals surface area contributed by atoms with Gasteiger partial charge in [0.25, 0.3) is 0 Å². The Morgan fingerprint density at radius 3 is 1.08 bits per heavy atom. The monoisotopic (exact) mass is 212 g/mol. The number of nitrogens with two attached hydrogens (primary N) is 2. The molecule has 0 spiro atoms. The van der Waals surface area contributed by atoms with Crippen LogP contribution in [0.4, 0.5) is 0 Å². The molecule has 0 aromatic rings. The molecule has 0 bridgehead atoms. The zero-order valence-corrected chi connectivity index (χ0v) is 6.75. The van der Waals surface area contributed by atoms with Crippen molar-refractivity contribution in [2.24, 2.45) is 11.5 Å². The van der Waals surface area contributed by atoms with Crippen LogP contribution in [0.1, 0.15) is 0 Å². The third kappa shape index (κ3) is 0.981. The number of hydrogen-bond donors (Lipinski definition) is 2. The van der Waals surface area contributed by atoms with E-state index in [1.807, 2.05) is 0 Å². The number of carbonyl (C=O) groups excluding carboxylic acids is 4. The Morgan fingerprint density at radius 2 is 1.08 bits per heavy atom. The van der Waals surface area contributed by atoms with Crippen LogP contribution in [0.15, 0.2) is 0 Å². The SMILES string of the molecule is N[C](N)=[Fe](=[C]=O)(=[C]=O)(=[C]=O)=[C]=O. The molecule has 6 nitrogen and oxygen atoms in total. The fourth-order valence-electron chi connectivity index (χ4n) is 0.255. The average Bonchev–Trinajstić information content (AvgIpc) is 2.10. The quantitative estimate of drug-likeness (QED) is 0.411. The zero-order valence-electron chi connectivity index (χ0n) is 5.64. The normalized spacial score (nSPS) is 10.2. The first-order valence-electron chi connectivity index (χ1n) is 2.28. The first-order valence-corrected chi connectivity index (χ1v) is 5.04. The fourth-order valence-corrected chi connectivity index (χ4v) is 1.05. The van der Waals surface area contributed by atoms with Crippen molar-refractivity contribution < 1.29 is 28.8 Å². The standard InChI is InChI=1S/CH4N2.4CO.Fe/c2-1-3;4*1-2;/h2-3H2;;;;;. The van der Waals surface area contributed by atoms with E-state index in [0.717, 1.165) is 19.1 Å². The van der Waals surface area contributed by atoms with E-state index in [-0.39, 0.29) is 0 Å². The van der Waals surface area contributed by atoms with Crippen LogP contribution in [0.3, 0.4) is 0 Å². The summed E-state index contributed by atoms with van der Waals surface area (Å²) < 4.78 is -0.937. The Labute approximate surface area is 64.7 Å². The molecular formula is C5H4FeN2O4. The molecule has 0 heterocycles. The molecule has 0 aromatic carbocycles. The van der Waals surface area contributed by atoms with E-state index >= 15 is 0 Å². The van der Waals surface area contributed by atoms with Crippen molar-refractivity contribution in [1.29, 1.82) is 0 Å². The van der Waals surface area contributed by atoms with Crippen molar-refractivity contribution >= 4 is 23.8 Å². The summed E-state index contributed by atoms with van der Waals surface area (Å²) in [6.45, 7) is 0. The predicted molar refractivity (Wildman–Crippen MR) is 36.2 cm³/mol. The molecule has 0 fully saturated rings. The van der Waals surface area contributed by atoms with Crippen molar-refractivity contribution in [2.45, 2.75) is 0 Å². The molecule has 0 aliphatic rings. The molecule has 66 valence electrons. The first kappa shape index (κ1) is 10.6. The predicted octanol–water partition coefficient (Wildman–Crippen LogP) is -3.05. The molecule has 7 heteroatoms. The van der Waals surface area contributed by atoms with Gasteiger partial charge in [-0.1, -0.05) is 0 Å². The van der Waals surface area contributed by atoms with Gasteiger partial charge in [0.1, 0.15) is 0 Å². The Morgan fingerprint density at radius 1 is 0.833 bits per heavy atom. The fraction of sp³-hybridized carbons (Fsp3) is 0. The van der Waals surface area contributed by atoms with Crippen LogP contribution in [0, 0.1) is 0 Å². The van der Waals surface area contributed by atoms with Crippen molar-refractivity contribution in [2.75, 3.05) is 0 Å². The van der Waals surface area contributed by atoms with Crippen LogP contribution in [-0.4, -0.2) is 23.8 Å². The summed E-state index contributed by atoms with van der Waals surface area (Å²) in [7, 11) is -5.17. The molecule has 12 heavy (non-hydrogen) atoms. The zero-order chi connectivity index (χ0) is 9.85. The molecule has 4 N–H and O–H groups in total. The van der Waals surface area contributed by atoms with Crippen LogP contribution in [0.5, 0.6) is 0 Å². The summed E-state index contributed by atoms with van der Waals surface area (Å²) in [6.07, 6.45) is 0. The topological polar surface area (TPSA) is 120 Å². The molecule has 0 amide bonds. The summed E-state index contributed by atoms with van der Waals surface area (Å²) in [5, 5.41) is 0. The van der Waals surface area contributed by atoms with Crippen LogP contribution in [0.2, 0.25) is 0 Å². The minimum absolute atomic E-state index is 0.911. The van der Waals surface area contributed by atoms with Gasteiger partial charge in [0, 0.05) is 0 Å². The second-order valence-corrected chi connectivity index (χ2v) is 5.84. The molecular weight excluding hydrogens is 208 g/mol. The van der Waals surface area contributed by atoms with E-state index in [1.54, 1.807) is 0 Å². The van der Waals surface area contributed by atoms with Gasteiger partial charge in [-0.3, -0.25) is 0 Å². The summed E-state index contributed by atoms with van der Waals surface area (Å²) in [6, 6.07) is 0. The molecule has 0 saturated carbocycles. The van der Waals surface area contributed by atoms with Crippen molar-refractivity contribution in [3.8, 4) is 0 Å². The van der Waals surface area contributed by atoms with Crippen molar-refractivity contribution in [3.05, 3.63) is 0 Å². The molecule has 0 radical (unpaired) electrons. The van der Waals surface area contributed by atoms with E-state index in [4.69, 9.17) is 11.5 Å². The van der Waals surface area contributed by atoms with E-state index in [1.165, 1.54) is 0 Å². The van der Waals surface area contributed by atoms with E-state index in [0.29, 0.717) is 0 Å². The molecule has 0 aliphatic heterocycles. The molecule has 0 unspecified atom stereocenters. The van der Waals surface area contributed by atoms with Crippen LogP contribution >= 0.6 is 0 Å². The van der Waals surface area contributed by atoms with E-state index in [2.05, 4.69) is 0 Å². The maximum atomic E-state index is 10.3. The van der Waals surface area contributed by atoms with Gasteiger partial charge in [-0.25, -0.2) is 0 Å². The van der Waals surface area contributed by atoms with E-state index in [9.17, 15) is 19.2 Å². The molecule has 0 aromatic heterocycles. The summed E-state index contributed by atoms with van der Waals surface area (Å²) in [4.78, 5) is 44.7. The van der Waals surface area contributed by atoms with Crippen LogP contribution in [0.25, 0.3) is 0 Å². The molecule has 0 saturated heterocycles. The number of hydrogen-bond acceptors (Lipinski definition) is 6. The molecule has 0 atom stereocenters. The third-order valence-corrected chi connectivity index (χ3v) is 4.06. The van der Waals surface area contributed by atoms with Crippen molar-refractivity contribution in [3.63, 3.8) is 0 Å². The summed E-state index contributed by atoms with van der Waals surface area (Å²) >= 11 is 0. The van der Waals surface area contributed by atoms with Gasteiger partial charge in [-0.2, -0.15) is 0 Å². The van der Waals surface area contributed by atoms with E-state index < -0.39 is 14.3 Å². The second-order valence-electron chi connectivity index (χ2n) is 1.54. The van der Waals surface area contributed by atoms with Gasteiger partial charge in [-0.05, 0) is 0 Å². The maximum absolute atomic E-state index is 10.3. The summed E-state index contributed by atoms with van der Waals surface area (Å²) in [5.74, 6) is 0. The van der Waals surface area contributed by atoms with Gasteiger partial charge >= 0.3 is 64.1 Å². The van der Waals surface area contributed by atoms with Crippen LogP contribution < -0.4 is 11.5 Å². The Balaban J connectivity index is 8.99.